The Morgan fingerprint density at radius 1 is 1.12 bits per heavy atom. The highest BCUT2D eigenvalue weighted by Gasteiger charge is 2.23. The van der Waals surface area contributed by atoms with Crippen molar-refractivity contribution < 1.29 is 4.79 Å². The minimum absolute atomic E-state index is 0.227. The van der Waals surface area contributed by atoms with Crippen molar-refractivity contribution in [3.8, 4) is 0 Å². The molecule has 1 aliphatic rings. The van der Waals surface area contributed by atoms with Crippen LogP contribution in [0.1, 0.15) is 68.2 Å². The fourth-order valence-electron chi connectivity index (χ4n) is 1.42. The van der Waals surface area contributed by atoms with Crippen molar-refractivity contribution in [2.24, 2.45) is 5.92 Å². The average Bonchev–Trinajstić information content (AvgIpc) is 2.70. The maximum Gasteiger partial charge on any atom is 0.146 e. The van der Waals surface area contributed by atoms with Crippen LogP contribution in [-0.4, -0.2) is 30.3 Å². The van der Waals surface area contributed by atoms with Gasteiger partial charge in [-0.25, -0.2) is 0 Å². The lowest BCUT2D eigenvalue weighted by Crippen LogP contribution is -2.30. The third-order valence-corrected chi connectivity index (χ3v) is 1.99. The Morgan fingerprint density at radius 3 is 1.59 bits per heavy atom. The monoisotopic (exact) mass is 245 g/mol. The largest absolute Gasteiger partial charge is 0.298 e. The molecule has 1 saturated heterocycles. The lowest BCUT2D eigenvalue weighted by atomic mass is 10.1. The molecule has 0 spiro atoms. The Morgan fingerprint density at radius 2 is 1.47 bits per heavy atom. The van der Waals surface area contributed by atoms with Gasteiger partial charge in [-0.1, -0.05) is 48.5 Å². The van der Waals surface area contributed by atoms with E-state index in [4.69, 9.17) is 0 Å². The van der Waals surface area contributed by atoms with E-state index in [1.807, 2.05) is 34.7 Å². The molecule has 2 nitrogen and oxygen atoms in total. The molecule has 0 unspecified atom stereocenters. The summed E-state index contributed by atoms with van der Waals surface area (Å²) in [4.78, 5) is 12.9. The summed E-state index contributed by atoms with van der Waals surface area (Å²) in [6.45, 7) is 17.3. The fraction of sp³-hybridized carbons (Fsp3) is 0.933. The molecule has 106 valence electrons. The molecule has 1 rings (SSSR count). The predicted molar refractivity (Wildman–Crippen MR) is 79.5 cm³/mol. The predicted octanol–water partition coefficient (Wildman–Crippen LogP) is 4.38. The van der Waals surface area contributed by atoms with E-state index < -0.39 is 0 Å². The third-order valence-electron chi connectivity index (χ3n) is 1.99. The number of ketones is 1. The number of likely N-dealkylation sites (tertiary alicyclic amines) is 1. The van der Waals surface area contributed by atoms with Crippen molar-refractivity contribution in [2.45, 2.75) is 74.3 Å². The molecule has 0 aliphatic carbocycles. The molecule has 0 bridgehead atoms. The number of likely N-dealkylation sites (N-methyl/N-ethyl adjacent to an activating group) is 1. The van der Waals surface area contributed by atoms with E-state index >= 15 is 0 Å². The molecule has 0 radical (unpaired) electrons. The standard InChI is InChI=1S/C7H13NO.C4H10.2C2H6/c1-6(9)7-4-3-5-8(7)2;1-4(2)3;2*1-2/h7H,3-5H2,1-2H3;4H,1-3H3;2*1-2H3/t7-;;;/m0.../s1. The van der Waals surface area contributed by atoms with Crippen molar-refractivity contribution in [1.82, 2.24) is 4.90 Å². The van der Waals surface area contributed by atoms with E-state index in [1.54, 1.807) is 6.92 Å². The Balaban J connectivity index is -0.000000208. The molecule has 2 heteroatoms. The Labute approximate surface area is 110 Å². The average molecular weight is 245 g/mol. The molecular weight excluding hydrogens is 210 g/mol. The first-order valence-electron chi connectivity index (χ1n) is 7.15. The number of Topliss-reactive ketones (excluding diaryl/α,β-unsaturated/α-hetero) is 1. The van der Waals surface area contributed by atoms with Crippen LogP contribution in [0.5, 0.6) is 0 Å². The summed E-state index contributed by atoms with van der Waals surface area (Å²) in [5, 5.41) is 0. The summed E-state index contributed by atoms with van der Waals surface area (Å²) in [6, 6.07) is 0.227. The van der Waals surface area contributed by atoms with Crippen LogP contribution in [-0.2, 0) is 4.79 Å². The summed E-state index contributed by atoms with van der Waals surface area (Å²) in [6.07, 6.45) is 2.24. The van der Waals surface area contributed by atoms with Crippen molar-refractivity contribution >= 4 is 5.78 Å². The van der Waals surface area contributed by atoms with Gasteiger partial charge in [0.05, 0.1) is 6.04 Å². The van der Waals surface area contributed by atoms with Crippen molar-refractivity contribution in [3.63, 3.8) is 0 Å². The molecule has 0 aromatic heterocycles. The zero-order valence-corrected chi connectivity index (χ0v) is 13.6. The highest BCUT2D eigenvalue weighted by Crippen LogP contribution is 2.14. The summed E-state index contributed by atoms with van der Waals surface area (Å²) in [5.74, 6) is 1.15. The molecule has 1 fully saturated rings. The van der Waals surface area contributed by atoms with E-state index in [0.717, 1.165) is 18.9 Å². The lowest BCUT2D eigenvalue weighted by molar-refractivity contribution is -0.120. The van der Waals surface area contributed by atoms with Gasteiger partial charge in [0, 0.05) is 0 Å². The van der Waals surface area contributed by atoms with Crippen LogP contribution in [0.25, 0.3) is 0 Å². The van der Waals surface area contributed by atoms with E-state index in [1.165, 1.54) is 6.42 Å². The van der Waals surface area contributed by atoms with Gasteiger partial charge in [0.15, 0.2) is 0 Å². The second-order valence-corrected chi connectivity index (χ2v) is 4.48. The Hall–Kier alpha value is -0.370. The normalized spacial score (nSPS) is 18.1. The first kappa shape index (κ1) is 21.9. The lowest BCUT2D eigenvalue weighted by Gasteiger charge is -2.14. The number of nitrogens with zero attached hydrogens (tertiary/aromatic N) is 1. The van der Waals surface area contributed by atoms with Gasteiger partial charge in [0.25, 0.3) is 0 Å². The highest BCUT2D eigenvalue weighted by molar-refractivity contribution is 5.81. The molecule has 0 aromatic rings. The van der Waals surface area contributed by atoms with Gasteiger partial charge < -0.3 is 0 Å². The molecule has 1 aliphatic heterocycles. The van der Waals surface area contributed by atoms with Crippen molar-refractivity contribution in [2.75, 3.05) is 13.6 Å². The SMILES string of the molecule is CC.CC.CC(=O)[C@@H]1CCCN1C.CC(C)C. The van der Waals surface area contributed by atoms with E-state index in [0.29, 0.717) is 5.78 Å². The van der Waals surface area contributed by atoms with Crippen LogP contribution in [0.3, 0.4) is 0 Å². The zero-order valence-electron chi connectivity index (χ0n) is 13.6. The highest BCUT2D eigenvalue weighted by atomic mass is 16.1. The summed E-state index contributed by atoms with van der Waals surface area (Å²) in [7, 11) is 2.01. The van der Waals surface area contributed by atoms with Gasteiger partial charge in [-0.05, 0) is 39.3 Å². The van der Waals surface area contributed by atoms with Gasteiger partial charge in [0.2, 0.25) is 0 Å². The van der Waals surface area contributed by atoms with Gasteiger partial charge >= 0.3 is 0 Å². The number of hydrogen-bond donors (Lipinski definition) is 0. The first-order chi connectivity index (χ1) is 7.95. The van der Waals surface area contributed by atoms with Crippen molar-refractivity contribution in [3.05, 3.63) is 0 Å². The van der Waals surface area contributed by atoms with Gasteiger partial charge in [-0.15, -0.1) is 0 Å². The maximum atomic E-state index is 10.8. The summed E-state index contributed by atoms with van der Waals surface area (Å²) < 4.78 is 0. The van der Waals surface area contributed by atoms with Crippen LogP contribution < -0.4 is 0 Å². The van der Waals surface area contributed by atoms with E-state index in [-0.39, 0.29) is 6.04 Å². The molecule has 0 N–H and O–H groups in total. The van der Waals surface area contributed by atoms with Crippen molar-refractivity contribution in [1.29, 1.82) is 0 Å². The Kier molecular flexibility index (Phi) is 20.1. The second kappa shape index (κ2) is 15.6. The molecular formula is C15H35NO. The summed E-state index contributed by atoms with van der Waals surface area (Å²) in [5.41, 5.74) is 0. The van der Waals surface area contributed by atoms with Crippen LogP contribution in [0.15, 0.2) is 0 Å². The maximum absolute atomic E-state index is 10.8. The number of rotatable bonds is 1. The van der Waals surface area contributed by atoms with Crippen LogP contribution in [0, 0.1) is 5.92 Å². The topological polar surface area (TPSA) is 20.3 Å². The minimum atomic E-state index is 0.227. The fourth-order valence-corrected chi connectivity index (χ4v) is 1.42. The molecule has 17 heavy (non-hydrogen) atoms. The van der Waals surface area contributed by atoms with Gasteiger partial charge in [0.1, 0.15) is 5.78 Å². The first-order valence-corrected chi connectivity index (χ1v) is 7.15. The molecule has 1 heterocycles. The van der Waals surface area contributed by atoms with E-state index in [9.17, 15) is 4.79 Å². The summed E-state index contributed by atoms with van der Waals surface area (Å²) >= 11 is 0. The quantitative estimate of drug-likeness (QED) is 0.683. The van der Waals surface area contributed by atoms with E-state index in [2.05, 4.69) is 25.7 Å². The smallest absolute Gasteiger partial charge is 0.146 e. The van der Waals surface area contributed by atoms with Gasteiger partial charge in [-0.3, -0.25) is 9.69 Å². The van der Waals surface area contributed by atoms with Crippen LogP contribution in [0.2, 0.25) is 0 Å². The number of hydrogen-bond acceptors (Lipinski definition) is 2. The zero-order chi connectivity index (χ0) is 14.4. The van der Waals surface area contributed by atoms with Gasteiger partial charge in [-0.2, -0.15) is 0 Å². The molecule has 0 amide bonds. The van der Waals surface area contributed by atoms with Crippen LogP contribution >= 0.6 is 0 Å². The second-order valence-electron chi connectivity index (χ2n) is 4.48. The Bertz CT molecular complexity index is 152. The van der Waals surface area contributed by atoms with Crippen LogP contribution in [0.4, 0.5) is 0 Å². The minimum Gasteiger partial charge on any atom is -0.298 e. The third kappa shape index (κ3) is 15.6. The number of carbonyl (C=O) groups is 1. The molecule has 0 saturated carbocycles. The number of carbonyl (C=O) groups excluding carboxylic acids is 1. The molecule has 1 atom stereocenters. The molecule has 0 aromatic carbocycles.